The van der Waals surface area contributed by atoms with Crippen molar-refractivity contribution in [3.8, 4) is 0 Å². The summed E-state index contributed by atoms with van der Waals surface area (Å²) >= 11 is 3.35. The van der Waals surface area contributed by atoms with E-state index >= 15 is 0 Å². The molecule has 0 aliphatic heterocycles. The van der Waals surface area contributed by atoms with Crippen LogP contribution in [0, 0.1) is 6.92 Å². The highest BCUT2D eigenvalue weighted by molar-refractivity contribution is 9.10. The van der Waals surface area contributed by atoms with E-state index in [1.807, 2.05) is 12.1 Å². The summed E-state index contributed by atoms with van der Waals surface area (Å²) in [6.07, 6.45) is 1.81. The van der Waals surface area contributed by atoms with E-state index in [-0.39, 0.29) is 24.5 Å². The Balaban J connectivity index is 1.60. The van der Waals surface area contributed by atoms with Crippen molar-refractivity contribution in [2.45, 2.75) is 25.8 Å². The van der Waals surface area contributed by atoms with Crippen LogP contribution >= 0.6 is 15.9 Å². The highest BCUT2D eigenvalue weighted by Gasteiger charge is 2.34. The molecule has 1 saturated carbocycles. The summed E-state index contributed by atoms with van der Waals surface area (Å²) in [6, 6.07) is 8.72. The molecule has 2 N–H and O–H groups in total. The number of urea groups is 1. The first-order valence-corrected chi connectivity index (χ1v) is 8.37. The van der Waals surface area contributed by atoms with Crippen LogP contribution in [0.5, 0.6) is 0 Å². The van der Waals surface area contributed by atoms with Gasteiger partial charge < -0.3 is 20.1 Å². The van der Waals surface area contributed by atoms with Crippen LogP contribution in [0.4, 0.5) is 16.3 Å². The largest absolute Gasteiger partial charge is 0.360 e. The molecule has 3 rings (SSSR count). The van der Waals surface area contributed by atoms with Crippen molar-refractivity contribution >= 4 is 39.4 Å². The van der Waals surface area contributed by atoms with Gasteiger partial charge in [-0.1, -0.05) is 21.1 Å². The summed E-state index contributed by atoms with van der Waals surface area (Å²) in [5.41, 5.74) is 0.682. The minimum Gasteiger partial charge on any atom is -0.360 e. The number of carbonyl (C=O) groups is 2. The van der Waals surface area contributed by atoms with Crippen LogP contribution < -0.4 is 10.6 Å². The molecule has 7 nitrogen and oxygen atoms in total. The van der Waals surface area contributed by atoms with Gasteiger partial charge in [-0.25, -0.2) is 4.79 Å². The number of nitrogens with one attached hydrogen (secondary N) is 2. The van der Waals surface area contributed by atoms with E-state index in [0.717, 1.165) is 17.3 Å². The summed E-state index contributed by atoms with van der Waals surface area (Å²) in [6.45, 7) is 1.71. The number of hydrogen-bond donors (Lipinski definition) is 2. The van der Waals surface area contributed by atoms with Gasteiger partial charge in [-0.2, -0.15) is 0 Å². The molecule has 0 radical (unpaired) electrons. The topological polar surface area (TPSA) is 87.5 Å². The first kappa shape index (κ1) is 16.5. The number of nitrogens with zero attached hydrogens (tertiary/aromatic N) is 2. The molecule has 3 amide bonds. The van der Waals surface area contributed by atoms with Gasteiger partial charge in [0.15, 0.2) is 5.82 Å². The molecule has 2 aromatic rings. The smallest absolute Gasteiger partial charge is 0.322 e. The molecule has 1 fully saturated rings. The molecule has 8 heteroatoms. The third-order valence-electron chi connectivity index (χ3n) is 3.55. The molecular formula is C16H17BrN4O3. The van der Waals surface area contributed by atoms with Gasteiger partial charge in [0.25, 0.3) is 0 Å². The van der Waals surface area contributed by atoms with Crippen molar-refractivity contribution in [2.75, 3.05) is 17.2 Å². The van der Waals surface area contributed by atoms with Crippen LogP contribution in [0.1, 0.15) is 18.6 Å². The van der Waals surface area contributed by atoms with Gasteiger partial charge >= 0.3 is 6.03 Å². The molecule has 0 atom stereocenters. The molecule has 1 aliphatic carbocycles. The summed E-state index contributed by atoms with van der Waals surface area (Å²) in [7, 11) is 0. The number of aromatic nitrogens is 1. The Hall–Kier alpha value is -2.35. The number of amides is 3. The van der Waals surface area contributed by atoms with Gasteiger partial charge in [-0.3, -0.25) is 4.79 Å². The fourth-order valence-electron chi connectivity index (χ4n) is 2.24. The molecule has 1 aromatic heterocycles. The zero-order valence-electron chi connectivity index (χ0n) is 13.1. The summed E-state index contributed by atoms with van der Waals surface area (Å²) in [4.78, 5) is 26.2. The van der Waals surface area contributed by atoms with E-state index in [2.05, 4.69) is 31.7 Å². The van der Waals surface area contributed by atoms with Crippen LogP contribution in [0.3, 0.4) is 0 Å². The third kappa shape index (κ3) is 4.35. The summed E-state index contributed by atoms with van der Waals surface area (Å²) in [5, 5.41) is 9.16. The van der Waals surface area contributed by atoms with Crippen LogP contribution in [0.15, 0.2) is 39.3 Å². The van der Waals surface area contributed by atoms with Gasteiger partial charge in [0.1, 0.15) is 12.3 Å². The third-order valence-corrected chi connectivity index (χ3v) is 4.08. The van der Waals surface area contributed by atoms with Crippen LogP contribution in [-0.4, -0.2) is 34.6 Å². The Morgan fingerprint density at radius 1 is 1.29 bits per heavy atom. The first-order valence-electron chi connectivity index (χ1n) is 7.57. The molecule has 24 heavy (non-hydrogen) atoms. The van der Waals surface area contributed by atoms with Gasteiger partial charge in [0.2, 0.25) is 5.91 Å². The Morgan fingerprint density at radius 2 is 2.00 bits per heavy atom. The lowest BCUT2D eigenvalue weighted by Gasteiger charge is -2.22. The monoisotopic (exact) mass is 392 g/mol. The van der Waals surface area contributed by atoms with Crippen molar-refractivity contribution in [3.05, 3.63) is 40.6 Å². The van der Waals surface area contributed by atoms with Crippen LogP contribution in [-0.2, 0) is 4.79 Å². The zero-order chi connectivity index (χ0) is 17.1. The maximum Gasteiger partial charge on any atom is 0.322 e. The Labute approximate surface area is 147 Å². The molecular weight excluding hydrogens is 376 g/mol. The van der Waals surface area contributed by atoms with E-state index in [9.17, 15) is 9.59 Å². The Kier molecular flexibility index (Phi) is 4.84. The second kappa shape index (κ2) is 7.04. The van der Waals surface area contributed by atoms with Crippen LogP contribution in [0.25, 0.3) is 0 Å². The number of hydrogen-bond acceptors (Lipinski definition) is 4. The van der Waals surface area contributed by atoms with Crippen molar-refractivity contribution in [3.63, 3.8) is 0 Å². The van der Waals surface area contributed by atoms with E-state index in [1.165, 1.54) is 0 Å². The van der Waals surface area contributed by atoms with Gasteiger partial charge in [0, 0.05) is 22.3 Å². The van der Waals surface area contributed by atoms with E-state index < -0.39 is 0 Å². The molecule has 1 aromatic carbocycles. The van der Waals surface area contributed by atoms with E-state index in [1.54, 1.807) is 30.0 Å². The minimum absolute atomic E-state index is 0.0288. The van der Waals surface area contributed by atoms with Gasteiger partial charge in [-0.15, -0.1) is 0 Å². The van der Waals surface area contributed by atoms with E-state index in [0.29, 0.717) is 17.3 Å². The maximum absolute atomic E-state index is 12.5. The molecule has 126 valence electrons. The highest BCUT2D eigenvalue weighted by atomic mass is 79.9. The van der Waals surface area contributed by atoms with Crippen LogP contribution in [0.2, 0.25) is 0 Å². The second-order valence-corrected chi connectivity index (χ2v) is 6.58. The predicted octanol–water partition coefficient (Wildman–Crippen LogP) is 3.38. The van der Waals surface area contributed by atoms with Crippen molar-refractivity contribution in [1.29, 1.82) is 0 Å². The van der Waals surface area contributed by atoms with Gasteiger partial charge in [-0.05, 0) is 44.0 Å². The second-order valence-electron chi connectivity index (χ2n) is 5.67. The molecule has 0 spiro atoms. The zero-order valence-corrected chi connectivity index (χ0v) is 14.7. The lowest BCUT2D eigenvalue weighted by atomic mass is 10.3. The number of anilines is 2. The highest BCUT2D eigenvalue weighted by Crippen LogP contribution is 2.27. The molecule has 0 saturated heterocycles. The average molecular weight is 393 g/mol. The molecule has 0 bridgehead atoms. The van der Waals surface area contributed by atoms with Gasteiger partial charge in [0.05, 0.1) is 0 Å². The number of aryl methyl sites for hydroxylation is 1. The molecule has 1 aliphatic rings. The normalized spacial score (nSPS) is 13.4. The first-order chi connectivity index (χ1) is 11.5. The van der Waals surface area contributed by atoms with E-state index in [4.69, 9.17) is 4.52 Å². The van der Waals surface area contributed by atoms with Crippen molar-refractivity contribution in [2.24, 2.45) is 0 Å². The lowest BCUT2D eigenvalue weighted by Crippen LogP contribution is -2.42. The maximum atomic E-state index is 12.5. The lowest BCUT2D eigenvalue weighted by molar-refractivity contribution is -0.116. The Morgan fingerprint density at radius 3 is 2.58 bits per heavy atom. The quantitative estimate of drug-likeness (QED) is 0.816. The number of carbonyl (C=O) groups excluding carboxylic acids is 2. The minimum atomic E-state index is -0.304. The fourth-order valence-corrected chi connectivity index (χ4v) is 2.51. The number of halogens is 1. The number of benzene rings is 1. The fraction of sp³-hybridized carbons (Fsp3) is 0.312. The number of rotatable bonds is 5. The average Bonchev–Trinajstić information content (AvgIpc) is 3.30. The predicted molar refractivity (Wildman–Crippen MR) is 92.8 cm³/mol. The summed E-state index contributed by atoms with van der Waals surface area (Å²) < 4.78 is 5.84. The van der Waals surface area contributed by atoms with Crippen molar-refractivity contribution in [1.82, 2.24) is 10.1 Å². The Bertz CT molecular complexity index is 740. The standard InChI is InChI=1S/C16H17BrN4O3/c1-10-8-14(20-24-10)19-15(22)9-21(13-6-7-13)16(23)18-12-4-2-11(17)3-5-12/h2-5,8,13H,6-7,9H2,1H3,(H,18,23)(H,19,20,22). The molecule has 0 unspecified atom stereocenters. The SMILES string of the molecule is Cc1cc(NC(=O)CN(C(=O)Nc2ccc(Br)cc2)C2CC2)no1. The van der Waals surface area contributed by atoms with Crippen molar-refractivity contribution < 1.29 is 14.1 Å². The molecule has 1 heterocycles. The summed E-state index contributed by atoms with van der Waals surface area (Å²) in [5.74, 6) is 0.653.